The Bertz CT molecular complexity index is 154. The molecule has 1 heteroatoms. The molecule has 0 N–H and O–H groups in total. The average molecular weight is 156 g/mol. The van der Waals surface area contributed by atoms with Crippen molar-refractivity contribution >= 4 is 12.6 Å². The maximum atomic E-state index is 4.54. The summed E-state index contributed by atoms with van der Waals surface area (Å²) in [4.78, 5) is 0. The van der Waals surface area contributed by atoms with Gasteiger partial charge >= 0.3 is 0 Å². The molecule has 0 aromatic heterocycles. The smallest absolute Gasteiger partial charge is 0.0285 e. The predicted octanol–water partition coefficient (Wildman–Crippen LogP) is 3.05. The van der Waals surface area contributed by atoms with Crippen LogP contribution in [0, 0.1) is 5.41 Å². The standard InChI is InChI=1S/C9H16S/c1-8(2)5-4-6-9(3,10)7-8/h4,6,10H,5,7H2,1-3H3. The van der Waals surface area contributed by atoms with E-state index in [4.69, 9.17) is 0 Å². The molecule has 0 heterocycles. The molecular formula is C9H16S. The minimum Gasteiger partial charge on any atom is -0.169 e. The van der Waals surface area contributed by atoms with Crippen LogP contribution in [0.3, 0.4) is 0 Å². The Balaban J connectivity index is 2.73. The van der Waals surface area contributed by atoms with E-state index in [1.807, 2.05) is 0 Å². The molecule has 0 saturated carbocycles. The van der Waals surface area contributed by atoms with E-state index in [1.165, 1.54) is 12.8 Å². The van der Waals surface area contributed by atoms with Gasteiger partial charge in [0.2, 0.25) is 0 Å². The summed E-state index contributed by atoms with van der Waals surface area (Å²) in [5.41, 5.74) is 0.450. The molecule has 1 aliphatic carbocycles. The van der Waals surface area contributed by atoms with E-state index in [0.29, 0.717) is 5.41 Å². The number of rotatable bonds is 0. The van der Waals surface area contributed by atoms with Crippen LogP contribution in [0.15, 0.2) is 12.2 Å². The van der Waals surface area contributed by atoms with Gasteiger partial charge in [-0.3, -0.25) is 0 Å². The Morgan fingerprint density at radius 1 is 1.30 bits per heavy atom. The van der Waals surface area contributed by atoms with Crippen molar-refractivity contribution in [1.29, 1.82) is 0 Å². The highest BCUT2D eigenvalue weighted by molar-refractivity contribution is 7.82. The maximum Gasteiger partial charge on any atom is 0.0285 e. The van der Waals surface area contributed by atoms with Crippen molar-refractivity contribution in [2.75, 3.05) is 0 Å². The van der Waals surface area contributed by atoms with Crippen molar-refractivity contribution in [3.63, 3.8) is 0 Å². The van der Waals surface area contributed by atoms with Crippen LogP contribution in [-0.4, -0.2) is 4.75 Å². The number of hydrogen-bond acceptors (Lipinski definition) is 1. The second-order valence-electron chi connectivity index (χ2n) is 4.30. The van der Waals surface area contributed by atoms with Crippen LogP contribution in [0.5, 0.6) is 0 Å². The van der Waals surface area contributed by atoms with E-state index in [9.17, 15) is 0 Å². The van der Waals surface area contributed by atoms with E-state index in [2.05, 4.69) is 45.6 Å². The highest BCUT2D eigenvalue weighted by Gasteiger charge is 2.29. The molecule has 0 aromatic carbocycles. The number of thiol groups is 1. The van der Waals surface area contributed by atoms with E-state index in [0.717, 1.165) is 0 Å². The normalized spacial score (nSPS) is 38.0. The zero-order valence-corrected chi connectivity index (χ0v) is 7.91. The lowest BCUT2D eigenvalue weighted by atomic mass is 9.76. The summed E-state index contributed by atoms with van der Waals surface area (Å²) in [6.45, 7) is 6.77. The van der Waals surface area contributed by atoms with E-state index in [1.54, 1.807) is 0 Å². The highest BCUT2D eigenvalue weighted by atomic mass is 32.1. The number of allylic oxidation sites excluding steroid dienone is 1. The fourth-order valence-corrected chi connectivity index (χ4v) is 2.27. The molecular weight excluding hydrogens is 140 g/mol. The minimum atomic E-state index is 0.127. The molecule has 0 saturated heterocycles. The van der Waals surface area contributed by atoms with Crippen molar-refractivity contribution in [2.24, 2.45) is 5.41 Å². The third-order valence-corrected chi connectivity index (χ3v) is 2.29. The van der Waals surface area contributed by atoms with Crippen LogP contribution in [0.25, 0.3) is 0 Å². The van der Waals surface area contributed by atoms with Gasteiger partial charge in [-0.15, -0.1) is 0 Å². The van der Waals surface area contributed by atoms with Gasteiger partial charge in [0.15, 0.2) is 0 Å². The van der Waals surface area contributed by atoms with Gasteiger partial charge in [0.25, 0.3) is 0 Å². The maximum absolute atomic E-state index is 4.54. The molecule has 58 valence electrons. The Labute approximate surface area is 69.1 Å². The molecule has 0 aromatic rings. The van der Waals surface area contributed by atoms with Gasteiger partial charge in [-0.05, 0) is 25.2 Å². The fourth-order valence-electron chi connectivity index (χ4n) is 1.73. The SMILES string of the molecule is CC1(S)C=CCC(C)(C)C1. The Morgan fingerprint density at radius 3 is 2.20 bits per heavy atom. The molecule has 0 radical (unpaired) electrons. The highest BCUT2D eigenvalue weighted by Crippen LogP contribution is 2.39. The zero-order valence-electron chi connectivity index (χ0n) is 7.02. The quantitative estimate of drug-likeness (QED) is 0.404. The van der Waals surface area contributed by atoms with Gasteiger partial charge < -0.3 is 0 Å². The van der Waals surface area contributed by atoms with Crippen molar-refractivity contribution in [3.05, 3.63) is 12.2 Å². The molecule has 0 amide bonds. The number of hydrogen-bond donors (Lipinski definition) is 1. The Morgan fingerprint density at radius 2 is 1.90 bits per heavy atom. The Hall–Kier alpha value is 0.0900. The van der Waals surface area contributed by atoms with Crippen molar-refractivity contribution in [2.45, 2.75) is 38.4 Å². The molecule has 10 heavy (non-hydrogen) atoms. The average Bonchev–Trinajstić information content (AvgIpc) is 1.56. The van der Waals surface area contributed by atoms with Crippen LogP contribution in [0.2, 0.25) is 0 Å². The van der Waals surface area contributed by atoms with Gasteiger partial charge in [-0.1, -0.05) is 26.0 Å². The second kappa shape index (κ2) is 2.30. The summed E-state index contributed by atoms with van der Waals surface area (Å²) in [5, 5.41) is 0. The predicted molar refractivity (Wildman–Crippen MR) is 49.5 cm³/mol. The van der Waals surface area contributed by atoms with Gasteiger partial charge in [-0.2, -0.15) is 12.6 Å². The van der Waals surface area contributed by atoms with E-state index < -0.39 is 0 Å². The summed E-state index contributed by atoms with van der Waals surface area (Å²) in [6.07, 6.45) is 6.83. The van der Waals surface area contributed by atoms with Gasteiger partial charge in [-0.25, -0.2) is 0 Å². The molecule has 0 aliphatic heterocycles. The third-order valence-electron chi connectivity index (χ3n) is 1.98. The fraction of sp³-hybridized carbons (Fsp3) is 0.778. The second-order valence-corrected chi connectivity index (χ2v) is 5.33. The topological polar surface area (TPSA) is 0 Å². The van der Waals surface area contributed by atoms with Crippen LogP contribution in [-0.2, 0) is 0 Å². The molecule has 0 spiro atoms. The monoisotopic (exact) mass is 156 g/mol. The molecule has 0 fully saturated rings. The van der Waals surface area contributed by atoms with Crippen molar-refractivity contribution < 1.29 is 0 Å². The van der Waals surface area contributed by atoms with Crippen LogP contribution in [0.4, 0.5) is 0 Å². The molecule has 1 unspecified atom stereocenters. The zero-order chi connectivity index (χ0) is 7.83. The lowest BCUT2D eigenvalue weighted by Crippen LogP contribution is -2.27. The lowest BCUT2D eigenvalue weighted by molar-refractivity contribution is 0.305. The minimum absolute atomic E-state index is 0.127. The van der Waals surface area contributed by atoms with Crippen molar-refractivity contribution in [3.8, 4) is 0 Å². The van der Waals surface area contributed by atoms with E-state index in [-0.39, 0.29) is 4.75 Å². The molecule has 0 nitrogen and oxygen atoms in total. The first-order valence-electron chi connectivity index (χ1n) is 3.81. The van der Waals surface area contributed by atoms with E-state index >= 15 is 0 Å². The molecule has 1 atom stereocenters. The summed E-state index contributed by atoms with van der Waals surface area (Å²) in [5.74, 6) is 0. The molecule has 0 bridgehead atoms. The largest absolute Gasteiger partial charge is 0.169 e. The summed E-state index contributed by atoms with van der Waals surface area (Å²) in [6, 6.07) is 0. The third kappa shape index (κ3) is 2.05. The summed E-state index contributed by atoms with van der Waals surface area (Å²) >= 11 is 4.54. The van der Waals surface area contributed by atoms with Gasteiger partial charge in [0, 0.05) is 4.75 Å². The van der Waals surface area contributed by atoms with Crippen LogP contribution >= 0.6 is 12.6 Å². The summed E-state index contributed by atoms with van der Waals surface area (Å²) in [7, 11) is 0. The van der Waals surface area contributed by atoms with Crippen LogP contribution < -0.4 is 0 Å². The molecule has 1 aliphatic rings. The summed E-state index contributed by atoms with van der Waals surface area (Å²) < 4.78 is 0.127. The van der Waals surface area contributed by atoms with Gasteiger partial charge in [0.1, 0.15) is 0 Å². The molecule has 1 rings (SSSR count). The Kier molecular flexibility index (Phi) is 1.88. The first kappa shape index (κ1) is 8.19. The first-order valence-corrected chi connectivity index (χ1v) is 4.26. The van der Waals surface area contributed by atoms with Gasteiger partial charge in [0.05, 0.1) is 0 Å². The lowest BCUT2D eigenvalue weighted by Gasteiger charge is -2.35. The van der Waals surface area contributed by atoms with Crippen molar-refractivity contribution in [1.82, 2.24) is 0 Å². The van der Waals surface area contributed by atoms with Crippen LogP contribution in [0.1, 0.15) is 33.6 Å². The first-order chi connectivity index (χ1) is 4.41.